The summed E-state index contributed by atoms with van der Waals surface area (Å²) in [6.45, 7) is 0. The van der Waals surface area contributed by atoms with E-state index < -0.39 is 15.7 Å². The Kier molecular flexibility index (Phi) is 5.37. The van der Waals surface area contributed by atoms with Crippen LogP contribution < -0.4 is 10.9 Å². The van der Waals surface area contributed by atoms with Gasteiger partial charge in [0.15, 0.2) is 9.84 Å². The van der Waals surface area contributed by atoms with E-state index in [4.69, 9.17) is 0 Å². The molecule has 0 atom stereocenters. The molecule has 2 N–H and O–H groups in total. The summed E-state index contributed by atoms with van der Waals surface area (Å²) in [4.78, 5) is 24.1. The van der Waals surface area contributed by atoms with Gasteiger partial charge in [-0.25, -0.2) is 8.42 Å². The number of hydrogen-bond donors (Lipinski definition) is 2. The van der Waals surface area contributed by atoms with E-state index in [9.17, 15) is 18.0 Å². The van der Waals surface area contributed by atoms with Crippen LogP contribution in [0.15, 0.2) is 59.5 Å². The summed E-state index contributed by atoms with van der Waals surface area (Å²) in [5, 5.41) is 0. The van der Waals surface area contributed by atoms with Crippen LogP contribution in [0.3, 0.4) is 0 Å². The number of hydrogen-bond acceptors (Lipinski definition) is 4. The Bertz CT molecular complexity index is 889. The fourth-order valence-corrected chi connectivity index (χ4v) is 4.22. The number of sulfone groups is 1. The number of benzene rings is 2. The first-order valence-corrected chi connectivity index (χ1v) is 10.1. The predicted octanol–water partition coefficient (Wildman–Crippen LogP) is 1.87. The molecule has 1 saturated carbocycles. The quantitative estimate of drug-likeness (QED) is 0.757. The van der Waals surface area contributed by atoms with Crippen LogP contribution in [0.1, 0.15) is 28.8 Å². The molecule has 26 heavy (non-hydrogen) atoms. The average Bonchev–Trinajstić information content (AvgIpc) is 3.44. The minimum Gasteiger partial charge on any atom is -0.273 e. The Morgan fingerprint density at radius 3 is 2.19 bits per heavy atom. The first-order chi connectivity index (χ1) is 12.4. The van der Waals surface area contributed by atoms with Gasteiger partial charge in [-0.3, -0.25) is 20.4 Å². The molecule has 0 aliphatic heterocycles. The summed E-state index contributed by atoms with van der Waals surface area (Å²) < 4.78 is 24.4. The standard InChI is InChI=1S/C19H20N2O4S/c22-18(20-21-19(23)16-4-2-1-3-5-16)12-14-8-10-17(11-9-14)26(24,25)13-15-6-7-15/h1-5,8-11,15H,6-7,12-13H2,(H,20,22)(H,21,23). The second-order valence-electron chi connectivity index (χ2n) is 6.41. The Morgan fingerprint density at radius 1 is 0.923 bits per heavy atom. The van der Waals surface area contributed by atoms with Gasteiger partial charge in [0.25, 0.3) is 5.91 Å². The third-order valence-corrected chi connectivity index (χ3v) is 6.05. The molecule has 1 aliphatic rings. The van der Waals surface area contributed by atoms with Gasteiger partial charge in [0.1, 0.15) is 0 Å². The lowest BCUT2D eigenvalue weighted by atomic mass is 10.1. The molecule has 2 aromatic rings. The smallest absolute Gasteiger partial charge is 0.269 e. The van der Waals surface area contributed by atoms with Crippen molar-refractivity contribution in [2.45, 2.75) is 24.2 Å². The molecule has 6 nitrogen and oxygen atoms in total. The summed E-state index contributed by atoms with van der Waals surface area (Å²) in [5.74, 6) is -0.305. The van der Waals surface area contributed by atoms with Crippen molar-refractivity contribution in [2.24, 2.45) is 5.92 Å². The van der Waals surface area contributed by atoms with Crippen LogP contribution in [0, 0.1) is 5.92 Å². The highest BCUT2D eigenvalue weighted by molar-refractivity contribution is 7.91. The van der Waals surface area contributed by atoms with Crippen LogP contribution in [0.4, 0.5) is 0 Å². The molecule has 136 valence electrons. The van der Waals surface area contributed by atoms with E-state index in [-0.39, 0.29) is 23.0 Å². The minimum absolute atomic E-state index is 0.0397. The molecule has 2 amide bonds. The van der Waals surface area contributed by atoms with Crippen molar-refractivity contribution in [3.8, 4) is 0 Å². The Labute approximate surface area is 152 Å². The van der Waals surface area contributed by atoms with Gasteiger partial charge in [-0.15, -0.1) is 0 Å². The van der Waals surface area contributed by atoms with Gasteiger partial charge in [-0.05, 0) is 48.6 Å². The summed E-state index contributed by atoms with van der Waals surface area (Å²) in [6, 6.07) is 14.8. The zero-order valence-electron chi connectivity index (χ0n) is 14.1. The normalized spacial score (nSPS) is 13.8. The van der Waals surface area contributed by atoms with Gasteiger partial charge in [0.05, 0.1) is 17.1 Å². The lowest BCUT2D eigenvalue weighted by molar-refractivity contribution is -0.121. The van der Waals surface area contributed by atoms with Gasteiger partial charge in [-0.1, -0.05) is 30.3 Å². The van der Waals surface area contributed by atoms with E-state index in [1.54, 1.807) is 42.5 Å². The zero-order valence-corrected chi connectivity index (χ0v) is 15.0. The number of carbonyl (C=O) groups excluding carboxylic acids is 2. The highest BCUT2D eigenvalue weighted by Gasteiger charge is 2.28. The Morgan fingerprint density at radius 2 is 1.58 bits per heavy atom. The second-order valence-corrected chi connectivity index (χ2v) is 8.45. The van der Waals surface area contributed by atoms with Crippen LogP contribution in [0.2, 0.25) is 0 Å². The molecule has 0 radical (unpaired) electrons. The number of amides is 2. The highest BCUT2D eigenvalue weighted by Crippen LogP contribution is 2.32. The predicted molar refractivity (Wildman–Crippen MR) is 97.0 cm³/mol. The van der Waals surface area contributed by atoms with E-state index >= 15 is 0 Å². The molecular formula is C19H20N2O4S. The van der Waals surface area contributed by atoms with Crippen molar-refractivity contribution in [3.63, 3.8) is 0 Å². The van der Waals surface area contributed by atoms with Crippen LogP contribution in [-0.2, 0) is 21.1 Å². The van der Waals surface area contributed by atoms with Crippen molar-refractivity contribution < 1.29 is 18.0 Å². The maximum absolute atomic E-state index is 12.2. The van der Waals surface area contributed by atoms with Crippen LogP contribution in [0.5, 0.6) is 0 Å². The lowest BCUT2D eigenvalue weighted by Crippen LogP contribution is -2.42. The van der Waals surface area contributed by atoms with Gasteiger partial charge in [-0.2, -0.15) is 0 Å². The first-order valence-electron chi connectivity index (χ1n) is 8.40. The minimum atomic E-state index is -3.25. The van der Waals surface area contributed by atoms with E-state index in [1.807, 2.05) is 0 Å². The molecular weight excluding hydrogens is 352 g/mol. The fourth-order valence-electron chi connectivity index (χ4n) is 2.52. The Hall–Kier alpha value is -2.67. The molecule has 0 spiro atoms. The Balaban J connectivity index is 1.52. The second kappa shape index (κ2) is 7.70. The monoisotopic (exact) mass is 372 g/mol. The number of nitrogens with one attached hydrogen (secondary N) is 2. The molecule has 0 bridgehead atoms. The number of carbonyl (C=O) groups is 2. The largest absolute Gasteiger partial charge is 0.273 e. The van der Waals surface area contributed by atoms with E-state index in [1.165, 1.54) is 12.1 Å². The molecule has 2 aromatic carbocycles. The third-order valence-electron chi connectivity index (χ3n) is 4.15. The summed E-state index contributed by atoms with van der Waals surface area (Å²) in [7, 11) is -3.25. The molecule has 1 aliphatic carbocycles. The van der Waals surface area contributed by atoms with E-state index in [0.29, 0.717) is 17.0 Å². The number of hydrazine groups is 1. The summed E-state index contributed by atoms with van der Waals surface area (Å²) >= 11 is 0. The SMILES string of the molecule is O=C(Cc1ccc(S(=O)(=O)CC2CC2)cc1)NNC(=O)c1ccccc1. The van der Waals surface area contributed by atoms with Gasteiger partial charge in [0.2, 0.25) is 5.91 Å². The number of rotatable bonds is 6. The van der Waals surface area contributed by atoms with E-state index in [0.717, 1.165) is 12.8 Å². The van der Waals surface area contributed by atoms with Crippen molar-refractivity contribution in [1.29, 1.82) is 0 Å². The average molecular weight is 372 g/mol. The third kappa shape index (κ3) is 4.92. The molecule has 1 fully saturated rings. The van der Waals surface area contributed by atoms with Crippen LogP contribution in [-0.4, -0.2) is 26.0 Å². The van der Waals surface area contributed by atoms with Crippen molar-refractivity contribution in [1.82, 2.24) is 10.9 Å². The molecule has 0 heterocycles. The van der Waals surface area contributed by atoms with Gasteiger partial charge in [0, 0.05) is 5.56 Å². The molecule has 7 heteroatoms. The maximum atomic E-state index is 12.2. The summed E-state index contributed by atoms with van der Waals surface area (Å²) in [5.41, 5.74) is 5.81. The molecule has 3 rings (SSSR count). The van der Waals surface area contributed by atoms with Crippen LogP contribution >= 0.6 is 0 Å². The fraction of sp³-hybridized carbons (Fsp3) is 0.263. The molecule has 0 aromatic heterocycles. The zero-order chi connectivity index (χ0) is 18.6. The summed E-state index contributed by atoms with van der Waals surface area (Å²) in [6.07, 6.45) is 2.00. The van der Waals surface area contributed by atoms with Gasteiger partial charge < -0.3 is 0 Å². The lowest BCUT2D eigenvalue weighted by Gasteiger charge is -2.08. The van der Waals surface area contributed by atoms with Crippen LogP contribution in [0.25, 0.3) is 0 Å². The van der Waals surface area contributed by atoms with Crippen molar-refractivity contribution in [3.05, 3.63) is 65.7 Å². The first kappa shape index (κ1) is 18.1. The van der Waals surface area contributed by atoms with E-state index in [2.05, 4.69) is 10.9 Å². The van der Waals surface area contributed by atoms with Crippen molar-refractivity contribution >= 4 is 21.7 Å². The molecule has 0 saturated heterocycles. The van der Waals surface area contributed by atoms with Crippen molar-refractivity contribution in [2.75, 3.05) is 5.75 Å². The molecule has 0 unspecified atom stereocenters. The highest BCUT2D eigenvalue weighted by atomic mass is 32.2. The van der Waals surface area contributed by atoms with Gasteiger partial charge >= 0.3 is 0 Å². The topological polar surface area (TPSA) is 92.3 Å². The maximum Gasteiger partial charge on any atom is 0.269 e.